The van der Waals surface area contributed by atoms with Crippen molar-refractivity contribution in [1.82, 2.24) is 10.6 Å². The quantitative estimate of drug-likeness (QED) is 0.737. The molecule has 0 aromatic heterocycles. The Kier molecular flexibility index (Phi) is 5.19. The zero-order valence-electron chi connectivity index (χ0n) is 11.5. The fourth-order valence-electron chi connectivity index (χ4n) is 1.96. The van der Waals surface area contributed by atoms with Gasteiger partial charge in [0, 0.05) is 5.54 Å². The lowest BCUT2D eigenvalue weighted by molar-refractivity contribution is -0.124. The van der Waals surface area contributed by atoms with E-state index in [0.29, 0.717) is 5.92 Å². The molecular formula is C14H26N2O. The Morgan fingerprint density at radius 2 is 2.12 bits per heavy atom. The van der Waals surface area contributed by atoms with Crippen molar-refractivity contribution in [2.45, 2.75) is 58.5 Å². The van der Waals surface area contributed by atoms with Crippen LogP contribution in [-0.4, -0.2) is 24.0 Å². The number of allylic oxidation sites excluding steroid dienone is 2. The van der Waals surface area contributed by atoms with Crippen LogP contribution in [0, 0.1) is 5.92 Å². The topological polar surface area (TPSA) is 41.1 Å². The predicted octanol–water partition coefficient (Wildman–Crippen LogP) is 2.24. The lowest BCUT2D eigenvalue weighted by Crippen LogP contribution is -2.50. The summed E-state index contributed by atoms with van der Waals surface area (Å²) in [7, 11) is 0. The molecule has 1 rings (SSSR count). The van der Waals surface area contributed by atoms with E-state index in [-0.39, 0.29) is 17.5 Å². The van der Waals surface area contributed by atoms with Crippen molar-refractivity contribution in [2.75, 3.05) is 6.54 Å². The molecule has 0 heterocycles. The Balaban J connectivity index is 2.26. The highest BCUT2D eigenvalue weighted by molar-refractivity contribution is 5.81. The predicted molar refractivity (Wildman–Crippen MR) is 71.8 cm³/mol. The van der Waals surface area contributed by atoms with E-state index in [2.05, 4.69) is 22.8 Å². The number of carbonyl (C=O) groups is 1. The molecule has 17 heavy (non-hydrogen) atoms. The number of carbonyl (C=O) groups excluding carboxylic acids is 1. The molecule has 0 saturated heterocycles. The van der Waals surface area contributed by atoms with Gasteiger partial charge in [0.05, 0.1) is 6.04 Å². The summed E-state index contributed by atoms with van der Waals surface area (Å²) >= 11 is 0. The number of nitrogens with one attached hydrogen (secondary N) is 2. The van der Waals surface area contributed by atoms with Crippen LogP contribution in [0.3, 0.4) is 0 Å². The standard InChI is InChI=1S/C14H26N2O/c1-11(13(17)16-14(2,3)4)15-10-12-8-6-5-7-9-12/h5-6,11-12,15H,7-10H2,1-4H3,(H,16,17). The normalized spacial score (nSPS) is 22.2. The fraction of sp³-hybridized carbons (Fsp3) is 0.786. The number of rotatable bonds is 4. The van der Waals surface area contributed by atoms with Crippen LogP contribution >= 0.6 is 0 Å². The van der Waals surface area contributed by atoms with Gasteiger partial charge in [0.15, 0.2) is 0 Å². The van der Waals surface area contributed by atoms with E-state index in [0.717, 1.165) is 13.0 Å². The molecule has 0 aromatic rings. The Labute approximate surface area is 105 Å². The fourth-order valence-corrected chi connectivity index (χ4v) is 1.96. The molecule has 0 bridgehead atoms. The van der Waals surface area contributed by atoms with E-state index in [1.54, 1.807) is 0 Å². The lowest BCUT2D eigenvalue weighted by Gasteiger charge is -2.25. The second kappa shape index (κ2) is 6.20. The average molecular weight is 238 g/mol. The summed E-state index contributed by atoms with van der Waals surface area (Å²) in [5.41, 5.74) is -0.152. The molecule has 1 aliphatic carbocycles. The highest BCUT2D eigenvalue weighted by Gasteiger charge is 2.19. The van der Waals surface area contributed by atoms with Gasteiger partial charge in [0.1, 0.15) is 0 Å². The van der Waals surface area contributed by atoms with E-state index >= 15 is 0 Å². The largest absolute Gasteiger partial charge is 0.350 e. The van der Waals surface area contributed by atoms with Gasteiger partial charge in [-0.1, -0.05) is 12.2 Å². The van der Waals surface area contributed by atoms with Gasteiger partial charge in [0.2, 0.25) is 5.91 Å². The van der Waals surface area contributed by atoms with Crippen molar-refractivity contribution < 1.29 is 4.79 Å². The molecule has 0 fully saturated rings. The number of hydrogen-bond donors (Lipinski definition) is 2. The van der Waals surface area contributed by atoms with Crippen LogP contribution in [0.1, 0.15) is 47.0 Å². The third kappa shape index (κ3) is 5.87. The summed E-state index contributed by atoms with van der Waals surface area (Å²) in [5, 5.41) is 6.32. The third-order valence-corrected chi connectivity index (χ3v) is 2.98. The Bertz CT molecular complexity index is 278. The van der Waals surface area contributed by atoms with Crippen LogP contribution in [-0.2, 0) is 4.79 Å². The van der Waals surface area contributed by atoms with Crippen LogP contribution in [0.5, 0.6) is 0 Å². The summed E-state index contributed by atoms with van der Waals surface area (Å²) in [6.07, 6.45) is 8.04. The zero-order valence-corrected chi connectivity index (χ0v) is 11.5. The summed E-state index contributed by atoms with van der Waals surface area (Å²) < 4.78 is 0. The number of hydrogen-bond acceptors (Lipinski definition) is 2. The minimum absolute atomic E-state index is 0.0869. The van der Waals surface area contributed by atoms with Crippen LogP contribution in [0.15, 0.2) is 12.2 Å². The summed E-state index contributed by atoms with van der Waals surface area (Å²) in [5.74, 6) is 0.772. The summed E-state index contributed by atoms with van der Waals surface area (Å²) in [6, 6.07) is -0.111. The zero-order chi connectivity index (χ0) is 12.9. The van der Waals surface area contributed by atoms with Crippen molar-refractivity contribution in [2.24, 2.45) is 5.92 Å². The average Bonchev–Trinajstić information content (AvgIpc) is 2.25. The molecule has 3 heteroatoms. The Morgan fingerprint density at radius 1 is 1.41 bits per heavy atom. The SMILES string of the molecule is CC(NCC1CC=CCC1)C(=O)NC(C)(C)C. The van der Waals surface area contributed by atoms with Gasteiger partial charge in [-0.2, -0.15) is 0 Å². The van der Waals surface area contributed by atoms with Crippen molar-refractivity contribution in [3.05, 3.63) is 12.2 Å². The van der Waals surface area contributed by atoms with Gasteiger partial charge in [-0.15, -0.1) is 0 Å². The highest BCUT2D eigenvalue weighted by atomic mass is 16.2. The summed E-state index contributed by atoms with van der Waals surface area (Å²) in [6.45, 7) is 8.87. The maximum atomic E-state index is 11.8. The maximum absolute atomic E-state index is 11.8. The van der Waals surface area contributed by atoms with Crippen LogP contribution < -0.4 is 10.6 Å². The first-order valence-electron chi connectivity index (χ1n) is 6.59. The maximum Gasteiger partial charge on any atom is 0.237 e. The second-order valence-electron chi connectivity index (χ2n) is 6.02. The molecule has 0 radical (unpaired) electrons. The van der Waals surface area contributed by atoms with Crippen LogP contribution in [0.25, 0.3) is 0 Å². The molecule has 3 nitrogen and oxygen atoms in total. The molecule has 0 spiro atoms. The molecule has 1 amide bonds. The molecule has 98 valence electrons. The van der Waals surface area contributed by atoms with Crippen LogP contribution in [0.4, 0.5) is 0 Å². The molecule has 2 atom stereocenters. The summed E-state index contributed by atoms with van der Waals surface area (Å²) in [4.78, 5) is 11.8. The second-order valence-corrected chi connectivity index (χ2v) is 6.02. The molecule has 2 N–H and O–H groups in total. The van der Waals surface area contributed by atoms with E-state index in [4.69, 9.17) is 0 Å². The molecule has 0 aliphatic heterocycles. The van der Waals surface area contributed by atoms with Crippen molar-refractivity contribution >= 4 is 5.91 Å². The van der Waals surface area contributed by atoms with Gasteiger partial charge in [-0.25, -0.2) is 0 Å². The first-order valence-corrected chi connectivity index (χ1v) is 6.59. The Hall–Kier alpha value is -0.830. The van der Waals surface area contributed by atoms with E-state index in [9.17, 15) is 4.79 Å². The van der Waals surface area contributed by atoms with Crippen molar-refractivity contribution in [1.29, 1.82) is 0 Å². The molecule has 0 aromatic carbocycles. The minimum atomic E-state index is -0.152. The van der Waals surface area contributed by atoms with E-state index < -0.39 is 0 Å². The molecule has 0 saturated carbocycles. The molecule has 2 unspecified atom stereocenters. The molecular weight excluding hydrogens is 212 g/mol. The van der Waals surface area contributed by atoms with E-state index in [1.165, 1.54) is 12.8 Å². The first-order chi connectivity index (χ1) is 7.88. The molecule has 1 aliphatic rings. The lowest BCUT2D eigenvalue weighted by atomic mass is 9.94. The van der Waals surface area contributed by atoms with E-state index in [1.807, 2.05) is 27.7 Å². The van der Waals surface area contributed by atoms with Gasteiger partial charge >= 0.3 is 0 Å². The third-order valence-electron chi connectivity index (χ3n) is 2.98. The number of amides is 1. The van der Waals surface area contributed by atoms with Gasteiger partial charge in [-0.3, -0.25) is 4.79 Å². The van der Waals surface area contributed by atoms with Gasteiger partial charge in [0.25, 0.3) is 0 Å². The Morgan fingerprint density at radius 3 is 2.65 bits per heavy atom. The van der Waals surface area contributed by atoms with Crippen molar-refractivity contribution in [3.63, 3.8) is 0 Å². The van der Waals surface area contributed by atoms with Crippen molar-refractivity contribution in [3.8, 4) is 0 Å². The monoisotopic (exact) mass is 238 g/mol. The first kappa shape index (κ1) is 14.2. The smallest absolute Gasteiger partial charge is 0.237 e. The highest BCUT2D eigenvalue weighted by Crippen LogP contribution is 2.17. The minimum Gasteiger partial charge on any atom is -0.350 e. The van der Waals surface area contributed by atoms with Gasteiger partial charge in [-0.05, 0) is 59.4 Å². The van der Waals surface area contributed by atoms with Crippen LogP contribution in [0.2, 0.25) is 0 Å². The van der Waals surface area contributed by atoms with Gasteiger partial charge < -0.3 is 10.6 Å².